The lowest BCUT2D eigenvalue weighted by molar-refractivity contribution is -0.144. The molecule has 2 rings (SSSR count). The number of aliphatic hydroxyl groups is 1. The first kappa shape index (κ1) is 14.5. The van der Waals surface area contributed by atoms with E-state index in [4.69, 9.17) is 9.47 Å². The topological polar surface area (TPSA) is 55.8 Å². The van der Waals surface area contributed by atoms with Gasteiger partial charge in [0.15, 0.2) is 5.60 Å². The van der Waals surface area contributed by atoms with E-state index >= 15 is 0 Å². The summed E-state index contributed by atoms with van der Waals surface area (Å²) in [5, 5.41) is 10.2. The first-order valence-electron chi connectivity index (χ1n) is 6.39. The van der Waals surface area contributed by atoms with Crippen LogP contribution in [-0.4, -0.2) is 30.7 Å². The van der Waals surface area contributed by atoms with E-state index in [1.54, 1.807) is 49.6 Å². The number of hydrogen-bond acceptors (Lipinski definition) is 4. The molecule has 1 aromatic carbocycles. The molecule has 0 fully saturated rings. The lowest BCUT2D eigenvalue weighted by Crippen LogP contribution is -2.42. The lowest BCUT2D eigenvalue weighted by atomic mass is 9.85. The maximum absolute atomic E-state index is 12.6. The van der Waals surface area contributed by atoms with Crippen LogP contribution in [0.1, 0.15) is 18.1 Å². The molecular weight excluding hydrogens is 256 g/mol. The first-order chi connectivity index (χ1) is 9.63. The maximum Gasteiger partial charge on any atom is 0.201 e. The molecule has 20 heavy (non-hydrogen) atoms. The SMILES string of the molecule is COC1=CCC(OC)(C(=O)C(O)c2ccccc2)C=C1. The molecule has 1 aliphatic rings. The van der Waals surface area contributed by atoms with E-state index in [0.717, 1.165) is 0 Å². The summed E-state index contributed by atoms with van der Waals surface area (Å²) in [7, 11) is 3.03. The second kappa shape index (κ2) is 6.03. The molecule has 0 spiro atoms. The summed E-state index contributed by atoms with van der Waals surface area (Å²) < 4.78 is 10.5. The second-order valence-electron chi connectivity index (χ2n) is 4.62. The van der Waals surface area contributed by atoms with E-state index in [9.17, 15) is 9.90 Å². The van der Waals surface area contributed by atoms with Gasteiger partial charge in [-0.15, -0.1) is 0 Å². The van der Waals surface area contributed by atoms with Crippen molar-refractivity contribution in [2.45, 2.75) is 18.1 Å². The highest BCUT2D eigenvalue weighted by molar-refractivity contribution is 5.94. The van der Waals surface area contributed by atoms with Crippen LogP contribution in [0.4, 0.5) is 0 Å². The fraction of sp³-hybridized carbons (Fsp3) is 0.312. The van der Waals surface area contributed by atoms with Gasteiger partial charge in [0.25, 0.3) is 0 Å². The zero-order chi connectivity index (χ0) is 14.6. The molecule has 0 saturated carbocycles. The fourth-order valence-electron chi connectivity index (χ4n) is 2.21. The smallest absolute Gasteiger partial charge is 0.201 e. The van der Waals surface area contributed by atoms with Crippen LogP contribution < -0.4 is 0 Å². The van der Waals surface area contributed by atoms with Gasteiger partial charge in [-0.1, -0.05) is 30.3 Å². The van der Waals surface area contributed by atoms with Crippen LogP contribution in [0.2, 0.25) is 0 Å². The van der Waals surface area contributed by atoms with Crippen molar-refractivity contribution in [3.05, 3.63) is 59.9 Å². The Morgan fingerprint density at radius 3 is 2.50 bits per heavy atom. The fourth-order valence-corrected chi connectivity index (χ4v) is 2.21. The average molecular weight is 274 g/mol. The van der Waals surface area contributed by atoms with E-state index in [1.165, 1.54) is 7.11 Å². The summed E-state index contributed by atoms with van der Waals surface area (Å²) in [5.41, 5.74) is -0.582. The van der Waals surface area contributed by atoms with Crippen LogP contribution in [0.25, 0.3) is 0 Å². The van der Waals surface area contributed by atoms with E-state index < -0.39 is 11.7 Å². The van der Waals surface area contributed by atoms with Crippen molar-refractivity contribution in [2.24, 2.45) is 0 Å². The molecule has 0 heterocycles. The molecule has 2 atom stereocenters. The third-order valence-corrected chi connectivity index (χ3v) is 3.50. The molecular formula is C16H18O4. The largest absolute Gasteiger partial charge is 0.497 e. The Kier molecular flexibility index (Phi) is 4.37. The Balaban J connectivity index is 2.23. The molecule has 0 bridgehead atoms. The number of rotatable bonds is 5. The molecule has 0 radical (unpaired) electrons. The molecule has 0 aromatic heterocycles. The Labute approximate surface area is 118 Å². The van der Waals surface area contributed by atoms with Crippen LogP contribution in [0, 0.1) is 0 Å². The third kappa shape index (κ3) is 2.66. The molecule has 2 unspecified atom stereocenters. The van der Waals surface area contributed by atoms with Crippen LogP contribution in [0.5, 0.6) is 0 Å². The predicted molar refractivity (Wildman–Crippen MR) is 75.0 cm³/mol. The Bertz CT molecular complexity index is 533. The zero-order valence-corrected chi connectivity index (χ0v) is 11.6. The molecule has 4 nitrogen and oxygen atoms in total. The summed E-state index contributed by atoms with van der Waals surface area (Å²) in [6.45, 7) is 0. The Hall–Kier alpha value is -1.91. The summed E-state index contributed by atoms with van der Waals surface area (Å²) in [6.07, 6.45) is 4.23. The zero-order valence-electron chi connectivity index (χ0n) is 11.6. The van der Waals surface area contributed by atoms with Crippen molar-refractivity contribution >= 4 is 5.78 Å². The van der Waals surface area contributed by atoms with Gasteiger partial charge in [0.05, 0.1) is 7.11 Å². The number of Topliss-reactive ketones (excluding diaryl/α,β-unsaturated/α-hetero) is 1. The Morgan fingerprint density at radius 2 is 2.00 bits per heavy atom. The average Bonchev–Trinajstić information content (AvgIpc) is 2.54. The van der Waals surface area contributed by atoms with Crippen molar-refractivity contribution in [3.8, 4) is 0 Å². The molecule has 0 aliphatic heterocycles. The van der Waals surface area contributed by atoms with E-state index in [1.807, 2.05) is 6.07 Å². The quantitative estimate of drug-likeness (QED) is 0.894. The number of ketones is 1. The number of allylic oxidation sites excluding steroid dienone is 1. The number of aliphatic hydroxyl groups excluding tert-OH is 1. The first-order valence-corrected chi connectivity index (χ1v) is 6.39. The molecule has 1 aliphatic carbocycles. The predicted octanol–water partition coefficient (Wildman–Crippen LogP) is 2.16. The summed E-state index contributed by atoms with van der Waals surface area (Å²) in [6, 6.07) is 8.83. The molecule has 106 valence electrons. The monoisotopic (exact) mass is 274 g/mol. The second-order valence-corrected chi connectivity index (χ2v) is 4.62. The highest BCUT2D eigenvalue weighted by atomic mass is 16.5. The molecule has 4 heteroatoms. The molecule has 0 amide bonds. The number of ether oxygens (including phenoxy) is 2. The number of benzene rings is 1. The molecule has 0 saturated heterocycles. The van der Waals surface area contributed by atoms with Gasteiger partial charge in [0.2, 0.25) is 5.78 Å². The van der Waals surface area contributed by atoms with Crippen molar-refractivity contribution in [1.82, 2.24) is 0 Å². The van der Waals surface area contributed by atoms with Crippen LogP contribution in [0.15, 0.2) is 54.3 Å². The van der Waals surface area contributed by atoms with Crippen molar-refractivity contribution in [2.75, 3.05) is 14.2 Å². The summed E-state index contributed by atoms with van der Waals surface area (Å²) >= 11 is 0. The molecule has 1 N–H and O–H groups in total. The lowest BCUT2D eigenvalue weighted by Gasteiger charge is -2.31. The minimum absolute atomic E-state index is 0.339. The van der Waals surface area contributed by atoms with Gasteiger partial charge in [0.1, 0.15) is 11.9 Å². The summed E-state index contributed by atoms with van der Waals surface area (Å²) in [4.78, 5) is 12.6. The van der Waals surface area contributed by atoms with Gasteiger partial charge in [-0.05, 0) is 23.8 Å². The third-order valence-electron chi connectivity index (χ3n) is 3.50. The van der Waals surface area contributed by atoms with Gasteiger partial charge in [-0.25, -0.2) is 0 Å². The maximum atomic E-state index is 12.6. The van der Waals surface area contributed by atoms with Crippen LogP contribution in [0.3, 0.4) is 0 Å². The number of hydrogen-bond donors (Lipinski definition) is 1. The van der Waals surface area contributed by atoms with E-state index in [0.29, 0.717) is 17.7 Å². The standard InChI is InChI=1S/C16H18O4/c1-19-13-8-10-16(20-2,11-9-13)15(18)14(17)12-6-4-3-5-7-12/h3-10,14,17H,11H2,1-2H3. The van der Waals surface area contributed by atoms with Gasteiger partial charge >= 0.3 is 0 Å². The van der Waals surface area contributed by atoms with Gasteiger partial charge in [-0.3, -0.25) is 4.79 Å². The summed E-state index contributed by atoms with van der Waals surface area (Å²) in [5.74, 6) is 0.300. The number of methoxy groups -OCH3 is 2. The highest BCUT2D eigenvalue weighted by Gasteiger charge is 2.40. The van der Waals surface area contributed by atoms with Gasteiger partial charge in [-0.2, -0.15) is 0 Å². The Morgan fingerprint density at radius 1 is 1.30 bits per heavy atom. The van der Waals surface area contributed by atoms with Crippen LogP contribution >= 0.6 is 0 Å². The van der Waals surface area contributed by atoms with Crippen molar-refractivity contribution < 1.29 is 19.4 Å². The van der Waals surface area contributed by atoms with E-state index in [2.05, 4.69) is 0 Å². The van der Waals surface area contributed by atoms with Crippen molar-refractivity contribution in [3.63, 3.8) is 0 Å². The van der Waals surface area contributed by atoms with Crippen molar-refractivity contribution in [1.29, 1.82) is 0 Å². The highest BCUT2D eigenvalue weighted by Crippen LogP contribution is 2.31. The van der Waals surface area contributed by atoms with Crippen LogP contribution in [-0.2, 0) is 14.3 Å². The normalized spacial score (nSPS) is 23.1. The number of carbonyl (C=O) groups excluding carboxylic acids is 1. The van der Waals surface area contributed by atoms with Gasteiger partial charge < -0.3 is 14.6 Å². The minimum atomic E-state index is -1.21. The molecule has 1 aromatic rings. The minimum Gasteiger partial charge on any atom is -0.497 e. The number of carbonyl (C=O) groups is 1. The van der Waals surface area contributed by atoms with Gasteiger partial charge in [0, 0.05) is 13.5 Å². The van der Waals surface area contributed by atoms with E-state index in [-0.39, 0.29) is 5.78 Å².